The summed E-state index contributed by atoms with van der Waals surface area (Å²) in [5.74, 6) is -1.18. The van der Waals surface area contributed by atoms with Gasteiger partial charge in [0.15, 0.2) is 5.82 Å². The van der Waals surface area contributed by atoms with E-state index in [1.807, 2.05) is 0 Å². The van der Waals surface area contributed by atoms with Crippen molar-refractivity contribution in [3.63, 3.8) is 0 Å². The predicted molar refractivity (Wildman–Crippen MR) is 91.3 cm³/mol. The molecule has 28 heavy (non-hydrogen) atoms. The van der Waals surface area contributed by atoms with Crippen LogP contribution in [0.3, 0.4) is 0 Å². The minimum Gasteiger partial charge on any atom is -0.475 e. The molecule has 2 aromatic rings. The molecule has 0 bridgehead atoms. The van der Waals surface area contributed by atoms with E-state index in [-0.39, 0.29) is 5.82 Å². The van der Waals surface area contributed by atoms with Crippen LogP contribution < -0.4 is 0 Å². The fourth-order valence-corrected chi connectivity index (χ4v) is 2.79. The van der Waals surface area contributed by atoms with E-state index in [9.17, 15) is 17.6 Å². The van der Waals surface area contributed by atoms with Crippen molar-refractivity contribution >= 4 is 5.97 Å². The number of hydrogen-bond acceptors (Lipinski definition) is 5. The second kappa shape index (κ2) is 9.63. The Balaban J connectivity index is 0.000000345. The number of nitrogens with zero attached hydrogens (tertiary/aromatic N) is 3. The molecule has 2 heterocycles. The molecule has 1 aromatic carbocycles. The fraction of sp³-hybridized carbons (Fsp3) is 0.500. The van der Waals surface area contributed by atoms with E-state index in [2.05, 4.69) is 22.0 Å². The molecule has 0 radical (unpaired) electrons. The lowest BCUT2D eigenvalue weighted by Crippen LogP contribution is -2.32. The molecule has 3 rings (SSSR count). The zero-order valence-electron chi connectivity index (χ0n) is 15.2. The molecule has 1 aromatic heterocycles. The number of halogens is 4. The number of aromatic nitrogens is 2. The number of aliphatic carboxylic acids is 1. The Hall–Kier alpha value is -2.49. The van der Waals surface area contributed by atoms with Crippen molar-refractivity contribution in [2.75, 3.05) is 19.6 Å². The number of rotatable bonds is 4. The number of carboxylic acids is 1. The summed E-state index contributed by atoms with van der Waals surface area (Å²) in [6.45, 7) is 5.48. The monoisotopic (exact) mass is 403 g/mol. The van der Waals surface area contributed by atoms with E-state index in [1.54, 1.807) is 12.1 Å². The van der Waals surface area contributed by atoms with Crippen LogP contribution in [0.15, 0.2) is 28.8 Å². The van der Waals surface area contributed by atoms with Crippen molar-refractivity contribution in [3.05, 3.63) is 47.4 Å². The van der Waals surface area contributed by atoms with Gasteiger partial charge in [0.2, 0.25) is 5.89 Å². The van der Waals surface area contributed by atoms with Crippen molar-refractivity contribution in [1.29, 1.82) is 0 Å². The highest BCUT2D eigenvalue weighted by atomic mass is 19.4. The normalized spacial score (nSPS) is 15.8. The lowest BCUT2D eigenvalue weighted by Gasteiger charge is -2.28. The summed E-state index contributed by atoms with van der Waals surface area (Å²) in [6.07, 6.45) is -2.35. The third-order valence-corrected chi connectivity index (χ3v) is 4.39. The Morgan fingerprint density at radius 3 is 2.32 bits per heavy atom. The summed E-state index contributed by atoms with van der Waals surface area (Å²) in [7, 11) is 0. The standard InChI is InChI=1S/C16H20FN3O.C2HF3O2/c1-2-20-9-7-13(8-10-20)16-18-15(19-21-16)11-12-3-5-14(17)6-4-12;3-2(4,5)1(6)7/h3-6,13H,2,7-11H2,1H3;(H,6,7). The van der Waals surface area contributed by atoms with Gasteiger partial charge in [-0.2, -0.15) is 18.2 Å². The van der Waals surface area contributed by atoms with Crippen molar-refractivity contribution < 1.29 is 32.0 Å². The highest BCUT2D eigenvalue weighted by Gasteiger charge is 2.38. The number of carbonyl (C=O) groups is 1. The first-order valence-corrected chi connectivity index (χ1v) is 8.78. The SMILES string of the molecule is CCN1CCC(c2nc(Cc3ccc(F)cc3)no2)CC1.O=C(O)C(F)(F)F. The maximum atomic E-state index is 12.9. The average molecular weight is 403 g/mol. The quantitative estimate of drug-likeness (QED) is 0.786. The molecule has 0 spiro atoms. The van der Waals surface area contributed by atoms with Crippen LogP contribution in [-0.2, 0) is 11.2 Å². The summed E-state index contributed by atoms with van der Waals surface area (Å²) in [5.41, 5.74) is 0.990. The molecule has 1 saturated heterocycles. The first kappa shape index (κ1) is 21.8. The smallest absolute Gasteiger partial charge is 0.475 e. The van der Waals surface area contributed by atoms with Crippen LogP contribution in [-0.4, -0.2) is 51.9 Å². The molecule has 1 aliphatic rings. The molecule has 0 amide bonds. The van der Waals surface area contributed by atoms with Gasteiger partial charge in [-0.05, 0) is 50.2 Å². The van der Waals surface area contributed by atoms with Crippen LogP contribution in [0.5, 0.6) is 0 Å². The van der Waals surface area contributed by atoms with Gasteiger partial charge in [-0.15, -0.1) is 0 Å². The zero-order chi connectivity index (χ0) is 20.7. The summed E-state index contributed by atoms with van der Waals surface area (Å²) < 4.78 is 50.0. The van der Waals surface area contributed by atoms with Gasteiger partial charge >= 0.3 is 12.1 Å². The van der Waals surface area contributed by atoms with Crippen LogP contribution in [0.25, 0.3) is 0 Å². The number of carboxylic acid groups (broad SMARTS) is 1. The van der Waals surface area contributed by atoms with Gasteiger partial charge in [0.05, 0.1) is 0 Å². The molecule has 10 heteroatoms. The molecule has 1 fully saturated rings. The number of hydrogen-bond donors (Lipinski definition) is 1. The number of benzene rings is 1. The zero-order valence-corrected chi connectivity index (χ0v) is 15.2. The van der Waals surface area contributed by atoms with E-state index in [0.717, 1.165) is 43.9 Å². The first-order chi connectivity index (χ1) is 13.2. The number of alkyl halides is 3. The number of piperidine rings is 1. The largest absolute Gasteiger partial charge is 0.490 e. The topological polar surface area (TPSA) is 79.5 Å². The lowest BCUT2D eigenvalue weighted by molar-refractivity contribution is -0.192. The molecule has 154 valence electrons. The van der Waals surface area contributed by atoms with Gasteiger partial charge < -0.3 is 14.5 Å². The van der Waals surface area contributed by atoms with Gasteiger partial charge in [-0.25, -0.2) is 9.18 Å². The minimum absolute atomic E-state index is 0.227. The van der Waals surface area contributed by atoms with Crippen molar-refractivity contribution in [1.82, 2.24) is 15.0 Å². The van der Waals surface area contributed by atoms with Gasteiger partial charge in [0, 0.05) is 12.3 Å². The highest BCUT2D eigenvalue weighted by Crippen LogP contribution is 2.26. The van der Waals surface area contributed by atoms with Crippen molar-refractivity contribution in [2.24, 2.45) is 0 Å². The Labute approximate surface area is 159 Å². The maximum absolute atomic E-state index is 12.9. The van der Waals surface area contributed by atoms with Gasteiger partial charge in [-0.1, -0.05) is 24.2 Å². The third-order valence-electron chi connectivity index (χ3n) is 4.39. The van der Waals surface area contributed by atoms with Gasteiger partial charge in [-0.3, -0.25) is 0 Å². The van der Waals surface area contributed by atoms with E-state index in [0.29, 0.717) is 18.2 Å². The van der Waals surface area contributed by atoms with Crippen LogP contribution in [0.1, 0.15) is 43.0 Å². The molecule has 1 N–H and O–H groups in total. The Morgan fingerprint density at radius 1 is 1.25 bits per heavy atom. The van der Waals surface area contributed by atoms with Crippen LogP contribution in [0, 0.1) is 5.82 Å². The van der Waals surface area contributed by atoms with Crippen LogP contribution in [0.4, 0.5) is 17.6 Å². The third kappa shape index (κ3) is 6.59. The molecule has 1 aliphatic heterocycles. The average Bonchev–Trinajstić information content (AvgIpc) is 3.12. The molecular formula is C18H21F4N3O3. The molecular weight excluding hydrogens is 382 g/mol. The maximum Gasteiger partial charge on any atom is 0.490 e. The van der Waals surface area contributed by atoms with Crippen LogP contribution >= 0.6 is 0 Å². The van der Waals surface area contributed by atoms with Gasteiger partial charge in [0.1, 0.15) is 5.82 Å². The Bertz CT molecular complexity index is 754. The van der Waals surface area contributed by atoms with E-state index < -0.39 is 12.1 Å². The minimum atomic E-state index is -5.08. The van der Waals surface area contributed by atoms with Crippen molar-refractivity contribution in [3.8, 4) is 0 Å². The second-order valence-electron chi connectivity index (χ2n) is 6.36. The molecule has 0 aliphatic carbocycles. The van der Waals surface area contributed by atoms with E-state index in [4.69, 9.17) is 14.4 Å². The van der Waals surface area contributed by atoms with Crippen LogP contribution in [0.2, 0.25) is 0 Å². The molecule has 0 atom stereocenters. The summed E-state index contributed by atoms with van der Waals surface area (Å²) >= 11 is 0. The summed E-state index contributed by atoms with van der Waals surface area (Å²) in [4.78, 5) is 15.8. The van der Waals surface area contributed by atoms with Crippen molar-refractivity contribution in [2.45, 2.75) is 38.3 Å². The first-order valence-electron chi connectivity index (χ1n) is 8.78. The summed E-state index contributed by atoms with van der Waals surface area (Å²) in [6, 6.07) is 6.42. The molecule has 0 saturated carbocycles. The lowest BCUT2D eigenvalue weighted by atomic mass is 9.97. The van der Waals surface area contributed by atoms with E-state index >= 15 is 0 Å². The Morgan fingerprint density at radius 2 is 1.82 bits per heavy atom. The Kier molecular flexibility index (Phi) is 7.50. The fourth-order valence-electron chi connectivity index (χ4n) is 2.79. The van der Waals surface area contributed by atoms with Gasteiger partial charge in [0.25, 0.3) is 0 Å². The predicted octanol–water partition coefficient (Wildman–Crippen LogP) is 3.63. The summed E-state index contributed by atoms with van der Waals surface area (Å²) in [5, 5.41) is 11.2. The molecule has 0 unspecified atom stereocenters. The van der Waals surface area contributed by atoms with E-state index in [1.165, 1.54) is 12.1 Å². The number of likely N-dealkylation sites (tertiary alicyclic amines) is 1. The second-order valence-corrected chi connectivity index (χ2v) is 6.36. The highest BCUT2D eigenvalue weighted by molar-refractivity contribution is 5.73. The molecule has 6 nitrogen and oxygen atoms in total.